The minimum absolute atomic E-state index is 0.771. The maximum atomic E-state index is 4.05. The Morgan fingerprint density at radius 2 is 2.57 bits per heavy atom. The number of rotatable bonds is 3. The van der Waals surface area contributed by atoms with E-state index in [2.05, 4.69) is 22.6 Å². The van der Waals surface area contributed by atoms with Crippen LogP contribution in [0.15, 0.2) is 6.20 Å². The first kappa shape index (κ1) is 9.65. The highest BCUT2D eigenvalue weighted by molar-refractivity contribution is 4.96. The Hall–Kier alpha value is -0.900. The van der Waals surface area contributed by atoms with E-state index in [1.165, 1.54) is 25.1 Å². The fourth-order valence-electron chi connectivity index (χ4n) is 2.10. The largest absolute Gasteiger partial charge is 0.316 e. The van der Waals surface area contributed by atoms with E-state index >= 15 is 0 Å². The Morgan fingerprint density at radius 3 is 3.29 bits per heavy atom. The fourth-order valence-corrected chi connectivity index (χ4v) is 2.10. The van der Waals surface area contributed by atoms with E-state index in [0.717, 1.165) is 25.4 Å². The Balaban J connectivity index is 1.95. The van der Waals surface area contributed by atoms with Gasteiger partial charge >= 0.3 is 0 Å². The van der Waals surface area contributed by atoms with E-state index in [9.17, 15) is 0 Å². The van der Waals surface area contributed by atoms with Gasteiger partial charge in [0.25, 0.3) is 0 Å². The highest BCUT2D eigenvalue weighted by Crippen LogP contribution is 2.15. The zero-order chi connectivity index (χ0) is 9.80. The molecule has 1 N–H and O–H groups in total. The van der Waals surface area contributed by atoms with Gasteiger partial charge in [-0.2, -0.15) is 0 Å². The number of aryl methyl sites for hydroxylation is 1. The van der Waals surface area contributed by atoms with Crippen molar-refractivity contribution in [1.29, 1.82) is 0 Å². The molecule has 1 aromatic rings. The molecule has 0 bridgehead atoms. The van der Waals surface area contributed by atoms with Crippen LogP contribution < -0.4 is 5.32 Å². The molecule has 1 atom stereocenters. The quantitative estimate of drug-likeness (QED) is 0.775. The van der Waals surface area contributed by atoms with Crippen LogP contribution >= 0.6 is 0 Å². The van der Waals surface area contributed by atoms with Crippen LogP contribution in [0, 0.1) is 5.92 Å². The number of hydrogen-bond acceptors (Lipinski definition) is 3. The molecule has 1 unspecified atom stereocenters. The number of piperidine rings is 1. The minimum atomic E-state index is 0.771. The van der Waals surface area contributed by atoms with E-state index < -0.39 is 0 Å². The molecule has 4 heteroatoms. The van der Waals surface area contributed by atoms with Gasteiger partial charge in [-0.1, -0.05) is 5.21 Å². The van der Waals surface area contributed by atoms with Crippen LogP contribution in [0.25, 0.3) is 0 Å². The number of hydrogen-bond donors (Lipinski definition) is 1. The highest BCUT2D eigenvalue weighted by atomic mass is 15.4. The summed E-state index contributed by atoms with van der Waals surface area (Å²) in [6.45, 7) is 5.36. The fraction of sp³-hybridized carbons (Fsp3) is 0.800. The third-order valence-electron chi connectivity index (χ3n) is 2.89. The van der Waals surface area contributed by atoms with Gasteiger partial charge in [0.15, 0.2) is 0 Å². The molecule has 78 valence electrons. The van der Waals surface area contributed by atoms with Crippen molar-refractivity contribution in [1.82, 2.24) is 20.3 Å². The van der Waals surface area contributed by atoms with Gasteiger partial charge in [-0.3, -0.25) is 0 Å². The summed E-state index contributed by atoms with van der Waals surface area (Å²) >= 11 is 0. The molecule has 0 radical (unpaired) electrons. The molecule has 0 aliphatic carbocycles. The van der Waals surface area contributed by atoms with Crippen molar-refractivity contribution >= 4 is 0 Å². The molecule has 1 aliphatic heterocycles. The minimum Gasteiger partial charge on any atom is -0.316 e. The van der Waals surface area contributed by atoms with Crippen LogP contribution in [0.5, 0.6) is 0 Å². The van der Waals surface area contributed by atoms with Gasteiger partial charge in [-0.05, 0) is 45.2 Å². The van der Waals surface area contributed by atoms with Gasteiger partial charge in [0.05, 0.1) is 11.9 Å². The second-order valence-electron chi connectivity index (χ2n) is 3.96. The molecule has 0 saturated carbocycles. The third-order valence-corrected chi connectivity index (χ3v) is 2.89. The van der Waals surface area contributed by atoms with Crippen molar-refractivity contribution in [3.05, 3.63) is 11.9 Å². The zero-order valence-electron chi connectivity index (χ0n) is 8.74. The summed E-state index contributed by atoms with van der Waals surface area (Å²) in [6, 6.07) is 0. The van der Waals surface area contributed by atoms with Crippen molar-refractivity contribution in [3.8, 4) is 0 Å². The molecule has 2 heterocycles. The van der Waals surface area contributed by atoms with E-state index in [1.54, 1.807) is 0 Å². The zero-order valence-corrected chi connectivity index (χ0v) is 8.74. The Morgan fingerprint density at radius 1 is 1.64 bits per heavy atom. The molecule has 1 aromatic heterocycles. The molecule has 14 heavy (non-hydrogen) atoms. The van der Waals surface area contributed by atoms with Crippen LogP contribution in [0.2, 0.25) is 0 Å². The lowest BCUT2D eigenvalue weighted by Gasteiger charge is -2.22. The van der Waals surface area contributed by atoms with Crippen LogP contribution in [0.4, 0.5) is 0 Å². The van der Waals surface area contributed by atoms with Gasteiger partial charge in [-0.15, -0.1) is 5.10 Å². The summed E-state index contributed by atoms with van der Waals surface area (Å²) in [6.07, 6.45) is 5.66. The second-order valence-corrected chi connectivity index (χ2v) is 3.96. The van der Waals surface area contributed by atoms with E-state index in [-0.39, 0.29) is 0 Å². The maximum absolute atomic E-state index is 4.05. The van der Waals surface area contributed by atoms with Crippen LogP contribution in [0.3, 0.4) is 0 Å². The first-order valence-corrected chi connectivity index (χ1v) is 5.48. The molecule has 1 fully saturated rings. The summed E-state index contributed by atoms with van der Waals surface area (Å²) in [5, 5.41) is 11.4. The van der Waals surface area contributed by atoms with E-state index in [1.807, 2.05) is 10.9 Å². The molecule has 0 amide bonds. The second kappa shape index (κ2) is 4.55. The lowest BCUT2D eigenvalue weighted by atomic mass is 9.95. The average Bonchev–Trinajstić information content (AvgIpc) is 2.67. The number of aromatic nitrogens is 3. The Kier molecular flexibility index (Phi) is 3.14. The summed E-state index contributed by atoms with van der Waals surface area (Å²) in [5.74, 6) is 0.771. The Bertz CT molecular complexity index is 275. The molecule has 1 saturated heterocycles. The smallest absolute Gasteiger partial charge is 0.0725 e. The van der Waals surface area contributed by atoms with Crippen molar-refractivity contribution in [3.63, 3.8) is 0 Å². The standard InChI is InChI=1S/C10H18N4/c1-2-14-10(8-12-13-14)6-9-4-3-5-11-7-9/h8-9,11H,2-7H2,1H3. The van der Waals surface area contributed by atoms with Gasteiger partial charge in [-0.25, -0.2) is 4.68 Å². The van der Waals surface area contributed by atoms with Crippen molar-refractivity contribution in [2.24, 2.45) is 5.92 Å². The molecular formula is C10H18N4. The molecule has 2 rings (SSSR count). The van der Waals surface area contributed by atoms with Crippen molar-refractivity contribution < 1.29 is 0 Å². The first-order chi connectivity index (χ1) is 6.90. The summed E-state index contributed by atoms with van der Waals surface area (Å²) < 4.78 is 1.99. The maximum Gasteiger partial charge on any atom is 0.0725 e. The van der Waals surface area contributed by atoms with Gasteiger partial charge in [0, 0.05) is 6.54 Å². The topological polar surface area (TPSA) is 42.7 Å². The van der Waals surface area contributed by atoms with Gasteiger partial charge < -0.3 is 5.32 Å². The van der Waals surface area contributed by atoms with Gasteiger partial charge in [0.1, 0.15) is 0 Å². The summed E-state index contributed by atoms with van der Waals surface area (Å²) in [7, 11) is 0. The molecule has 4 nitrogen and oxygen atoms in total. The number of nitrogens with zero attached hydrogens (tertiary/aromatic N) is 3. The highest BCUT2D eigenvalue weighted by Gasteiger charge is 2.15. The van der Waals surface area contributed by atoms with Gasteiger partial charge in [0.2, 0.25) is 0 Å². The van der Waals surface area contributed by atoms with E-state index in [0.29, 0.717) is 0 Å². The van der Waals surface area contributed by atoms with Crippen LogP contribution in [-0.2, 0) is 13.0 Å². The van der Waals surface area contributed by atoms with Crippen LogP contribution in [0.1, 0.15) is 25.5 Å². The SMILES string of the molecule is CCn1nncc1CC1CCCNC1. The first-order valence-electron chi connectivity index (χ1n) is 5.48. The monoisotopic (exact) mass is 194 g/mol. The average molecular weight is 194 g/mol. The normalized spacial score (nSPS) is 22.5. The predicted octanol–water partition coefficient (Wildman–Crippen LogP) is 0.840. The van der Waals surface area contributed by atoms with Crippen molar-refractivity contribution in [2.45, 2.75) is 32.7 Å². The van der Waals surface area contributed by atoms with Crippen LogP contribution in [-0.4, -0.2) is 28.1 Å². The van der Waals surface area contributed by atoms with E-state index in [4.69, 9.17) is 0 Å². The predicted molar refractivity (Wildman–Crippen MR) is 55.0 cm³/mol. The molecule has 0 aromatic carbocycles. The molecule has 1 aliphatic rings. The summed E-state index contributed by atoms with van der Waals surface area (Å²) in [4.78, 5) is 0. The molecular weight excluding hydrogens is 176 g/mol. The van der Waals surface area contributed by atoms with Crippen molar-refractivity contribution in [2.75, 3.05) is 13.1 Å². The molecule has 0 spiro atoms. The lowest BCUT2D eigenvalue weighted by molar-refractivity contribution is 0.367. The summed E-state index contributed by atoms with van der Waals surface area (Å²) in [5.41, 5.74) is 1.28. The third kappa shape index (κ3) is 2.12. The lowest BCUT2D eigenvalue weighted by Crippen LogP contribution is -2.31. The number of nitrogens with one attached hydrogen (secondary N) is 1. The Labute approximate surface area is 84.7 Å².